The van der Waals surface area contributed by atoms with Crippen LogP contribution in [0.5, 0.6) is 5.75 Å². The van der Waals surface area contributed by atoms with Crippen molar-refractivity contribution in [1.29, 1.82) is 0 Å². The number of nitrogen functional groups attached to an aromatic ring is 1. The molecule has 102 valence electrons. The first-order valence-electron chi connectivity index (χ1n) is 6.27. The molecule has 5 heteroatoms. The first-order valence-corrected chi connectivity index (χ1v) is 6.27. The topological polar surface area (TPSA) is 76.8 Å². The summed E-state index contributed by atoms with van der Waals surface area (Å²) in [4.78, 5) is 4.03. The second-order valence-electron chi connectivity index (χ2n) is 5.63. The number of para-hydroxylation sites is 1. The van der Waals surface area contributed by atoms with Crippen LogP contribution in [0.15, 0.2) is 18.2 Å². The normalized spacial score (nSPS) is 11.6. The van der Waals surface area contributed by atoms with Crippen LogP contribution in [0, 0.1) is 6.92 Å². The van der Waals surface area contributed by atoms with Gasteiger partial charge >= 0.3 is 0 Å². The van der Waals surface area contributed by atoms with E-state index in [9.17, 15) is 0 Å². The van der Waals surface area contributed by atoms with Crippen molar-refractivity contribution < 1.29 is 4.74 Å². The van der Waals surface area contributed by atoms with E-state index in [1.807, 2.05) is 13.0 Å². The van der Waals surface area contributed by atoms with Gasteiger partial charge in [0, 0.05) is 0 Å². The number of aryl methyl sites for hydroxylation is 1. The minimum absolute atomic E-state index is 0.0296. The lowest BCUT2D eigenvalue weighted by Gasteiger charge is -2.23. The van der Waals surface area contributed by atoms with Gasteiger partial charge in [0.1, 0.15) is 12.4 Å². The van der Waals surface area contributed by atoms with Crippen LogP contribution in [0.3, 0.4) is 0 Å². The summed E-state index contributed by atoms with van der Waals surface area (Å²) in [5.74, 6) is 1.77. The van der Waals surface area contributed by atoms with Gasteiger partial charge in [0.2, 0.25) is 5.95 Å². The molecule has 2 rings (SSSR count). The molecule has 1 aromatic heterocycles. The summed E-state index contributed by atoms with van der Waals surface area (Å²) in [7, 11) is 0. The second-order valence-corrected chi connectivity index (χ2v) is 5.63. The maximum absolute atomic E-state index is 5.90. The summed E-state index contributed by atoms with van der Waals surface area (Å²) < 4.78 is 5.90. The van der Waals surface area contributed by atoms with Gasteiger partial charge in [-0.1, -0.05) is 39.0 Å². The van der Waals surface area contributed by atoms with Crippen molar-refractivity contribution in [2.75, 3.05) is 5.73 Å². The highest BCUT2D eigenvalue weighted by molar-refractivity contribution is 5.44. The van der Waals surface area contributed by atoms with Gasteiger partial charge in [-0.15, -0.1) is 5.10 Å². The van der Waals surface area contributed by atoms with Gasteiger partial charge in [-0.05, 0) is 23.5 Å². The van der Waals surface area contributed by atoms with Crippen molar-refractivity contribution in [2.45, 2.75) is 39.7 Å². The van der Waals surface area contributed by atoms with Crippen LogP contribution in [0.25, 0.3) is 0 Å². The molecule has 0 bridgehead atoms. The largest absolute Gasteiger partial charge is 0.485 e. The average Bonchev–Trinajstić information content (AvgIpc) is 2.72. The van der Waals surface area contributed by atoms with Crippen molar-refractivity contribution >= 4 is 5.95 Å². The monoisotopic (exact) mass is 260 g/mol. The Morgan fingerprint density at radius 1 is 1.32 bits per heavy atom. The zero-order valence-corrected chi connectivity index (χ0v) is 11.8. The molecule has 0 aliphatic carbocycles. The van der Waals surface area contributed by atoms with Crippen LogP contribution in [-0.4, -0.2) is 15.2 Å². The quantitative estimate of drug-likeness (QED) is 0.889. The van der Waals surface area contributed by atoms with Crippen LogP contribution < -0.4 is 10.5 Å². The number of H-pyrrole nitrogens is 1. The fraction of sp³-hybridized carbons (Fsp3) is 0.429. The minimum Gasteiger partial charge on any atom is -0.485 e. The number of aromatic nitrogens is 3. The fourth-order valence-electron chi connectivity index (χ4n) is 1.95. The Hall–Kier alpha value is -2.04. The molecular formula is C14H20N4O. The van der Waals surface area contributed by atoms with E-state index < -0.39 is 0 Å². The number of nitrogens with one attached hydrogen (secondary N) is 1. The second kappa shape index (κ2) is 4.91. The molecular weight excluding hydrogens is 240 g/mol. The molecule has 0 spiro atoms. The molecule has 5 nitrogen and oxygen atoms in total. The van der Waals surface area contributed by atoms with Crippen LogP contribution in [0.2, 0.25) is 0 Å². The van der Waals surface area contributed by atoms with Crippen LogP contribution in [0.1, 0.15) is 37.7 Å². The van der Waals surface area contributed by atoms with Crippen molar-refractivity contribution in [3.63, 3.8) is 0 Å². The number of hydrogen-bond donors (Lipinski definition) is 2. The zero-order valence-electron chi connectivity index (χ0n) is 11.8. The maximum atomic E-state index is 5.90. The van der Waals surface area contributed by atoms with Gasteiger partial charge < -0.3 is 10.5 Å². The molecule has 0 unspecified atom stereocenters. The third-order valence-corrected chi connectivity index (χ3v) is 2.92. The summed E-state index contributed by atoms with van der Waals surface area (Å²) in [5.41, 5.74) is 7.79. The number of ether oxygens (including phenoxy) is 1. The van der Waals surface area contributed by atoms with E-state index in [0.29, 0.717) is 12.4 Å². The molecule has 0 fully saturated rings. The first-order chi connectivity index (χ1) is 8.88. The highest BCUT2D eigenvalue weighted by Crippen LogP contribution is 2.34. The van der Waals surface area contributed by atoms with E-state index >= 15 is 0 Å². The van der Waals surface area contributed by atoms with Gasteiger partial charge in [-0.3, -0.25) is 5.10 Å². The van der Waals surface area contributed by atoms with Gasteiger partial charge in [0.25, 0.3) is 0 Å². The summed E-state index contributed by atoms with van der Waals surface area (Å²) in [6, 6.07) is 6.19. The Morgan fingerprint density at radius 3 is 2.63 bits per heavy atom. The van der Waals surface area contributed by atoms with E-state index in [-0.39, 0.29) is 11.4 Å². The molecule has 0 amide bonds. The lowest BCUT2D eigenvalue weighted by atomic mass is 9.85. The molecule has 2 aromatic rings. The minimum atomic E-state index is 0.0296. The van der Waals surface area contributed by atoms with E-state index in [1.54, 1.807) is 0 Å². The Labute approximate surface area is 113 Å². The van der Waals surface area contributed by atoms with E-state index in [1.165, 1.54) is 5.56 Å². The van der Waals surface area contributed by atoms with Crippen molar-refractivity contribution in [2.24, 2.45) is 0 Å². The lowest BCUT2D eigenvalue weighted by molar-refractivity contribution is 0.286. The van der Waals surface area contributed by atoms with Crippen LogP contribution in [0.4, 0.5) is 5.95 Å². The Balaban J connectivity index is 2.24. The highest BCUT2D eigenvalue weighted by atomic mass is 16.5. The molecule has 0 atom stereocenters. The lowest BCUT2D eigenvalue weighted by Crippen LogP contribution is -2.14. The molecule has 1 aromatic carbocycles. The summed E-state index contributed by atoms with van der Waals surface area (Å²) >= 11 is 0. The number of anilines is 1. The van der Waals surface area contributed by atoms with Crippen molar-refractivity contribution in [3.8, 4) is 5.75 Å². The Kier molecular flexibility index (Phi) is 3.46. The van der Waals surface area contributed by atoms with Gasteiger partial charge in [0.15, 0.2) is 5.82 Å². The maximum Gasteiger partial charge on any atom is 0.239 e. The van der Waals surface area contributed by atoms with Crippen molar-refractivity contribution in [3.05, 3.63) is 35.2 Å². The number of aromatic amines is 1. The van der Waals surface area contributed by atoms with Crippen LogP contribution in [-0.2, 0) is 12.0 Å². The van der Waals surface area contributed by atoms with Crippen molar-refractivity contribution in [1.82, 2.24) is 15.2 Å². The molecule has 0 saturated carbocycles. The Bertz CT molecular complexity index is 569. The number of nitrogens with zero attached hydrogens (tertiary/aromatic N) is 2. The number of benzene rings is 1. The predicted molar refractivity (Wildman–Crippen MR) is 75.0 cm³/mol. The smallest absolute Gasteiger partial charge is 0.239 e. The first kappa shape index (κ1) is 13.4. The molecule has 3 N–H and O–H groups in total. The highest BCUT2D eigenvalue weighted by Gasteiger charge is 2.20. The molecule has 0 radical (unpaired) electrons. The van der Waals surface area contributed by atoms with Gasteiger partial charge in [-0.2, -0.15) is 4.98 Å². The van der Waals surface area contributed by atoms with E-state index in [4.69, 9.17) is 10.5 Å². The van der Waals surface area contributed by atoms with Gasteiger partial charge in [0.05, 0.1) is 0 Å². The molecule has 1 heterocycles. The average molecular weight is 260 g/mol. The number of nitrogens with two attached hydrogens (primary N) is 1. The molecule has 0 aliphatic rings. The molecule has 0 aliphatic heterocycles. The van der Waals surface area contributed by atoms with Gasteiger partial charge in [-0.25, -0.2) is 0 Å². The third kappa shape index (κ3) is 3.05. The standard InChI is InChI=1S/C14H20N4O/c1-9-6-5-7-10(14(2,3)4)12(9)19-8-11-16-13(15)18-17-11/h5-7H,8H2,1-4H3,(H3,15,16,17,18). The Morgan fingerprint density at radius 2 is 2.05 bits per heavy atom. The van der Waals surface area contributed by atoms with E-state index in [2.05, 4.69) is 48.1 Å². The molecule has 0 saturated heterocycles. The van der Waals surface area contributed by atoms with Crippen LogP contribution >= 0.6 is 0 Å². The third-order valence-electron chi connectivity index (χ3n) is 2.92. The number of rotatable bonds is 3. The van der Waals surface area contributed by atoms with E-state index in [0.717, 1.165) is 11.3 Å². The fourth-order valence-corrected chi connectivity index (χ4v) is 1.95. The zero-order chi connectivity index (χ0) is 14.0. The number of hydrogen-bond acceptors (Lipinski definition) is 4. The molecule has 19 heavy (non-hydrogen) atoms. The predicted octanol–water partition coefficient (Wildman–Crippen LogP) is 2.57. The summed E-state index contributed by atoms with van der Waals surface area (Å²) in [5, 5.41) is 6.53. The summed E-state index contributed by atoms with van der Waals surface area (Å²) in [6.07, 6.45) is 0. The summed E-state index contributed by atoms with van der Waals surface area (Å²) in [6.45, 7) is 8.88. The SMILES string of the molecule is Cc1cccc(C(C)(C)C)c1OCc1nc(N)n[nH]1.